The molecule has 0 amide bonds. The highest BCUT2D eigenvalue weighted by Gasteiger charge is 2.10. The lowest BCUT2D eigenvalue weighted by molar-refractivity contribution is 0.103. The van der Waals surface area contributed by atoms with Gasteiger partial charge in [-0.2, -0.15) is 0 Å². The van der Waals surface area contributed by atoms with Crippen LogP contribution in [0.5, 0.6) is 0 Å². The molecule has 1 heterocycles. The van der Waals surface area contributed by atoms with E-state index in [-0.39, 0.29) is 5.78 Å². The molecule has 0 saturated carbocycles. The zero-order chi connectivity index (χ0) is 9.97. The van der Waals surface area contributed by atoms with Crippen molar-refractivity contribution in [2.24, 2.45) is 0 Å². The summed E-state index contributed by atoms with van der Waals surface area (Å²) >= 11 is 4.75. The number of rotatable bonds is 2. The molecule has 0 atom stereocenters. The first-order chi connectivity index (χ1) is 6.77. The van der Waals surface area contributed by atoms with E-state index < -0.39 is 0 Å². The third kappa shape index (κ3) is 1.91. The molecule has 0 N–H and O–H groups in total. The third-order valence-corrected chi connectivity index (χ3v) is 2.83. The number of hydrogen-bond acceptors (Lipinski definition) is 3. The summed E-state index contributed by atoms with van der Waals surface area (Å²) in [4.78, 5) is 15.8. The van der Waals surface area contributed by atoms with Crippen LogP contribution in [0.4, 0.5) is 0 Å². The van der Waals surface area contributed by atoms with Gasteiger partial charge in [0.15, 0.2) is 0 Å². The van der Waals surface area contributed by atoms with Crippen LogP contribution < -0.4 is 0 Å². The van der Waals surface area contributed by atoms with Gasteiger partial charge in [-0.15, -0.1) is 11.3 Å². The van der Waals surface area contributed by atoms with Gasteiger partial charge in [0.2, 0.25) is 5.78 Å². The SMILES string of the molecule is O=C(c1cccc(Br)c1)c1cscn1. The number of carbonyl (C=O) groups excluding carboxylic acids is 1. The molecule has 0 fully saturated rings. The molecule has 0 aliphatic rings. The van der Waals surface area contributed by atoms with Crippen molar-refractivity contribution in [3.8, 4) is 0 Å². The maximum Gasteiger partial charge on any atom is 0.212 e. The van der Waals surface area contributed by atoms with E-state index >= 15 is 0 Å². The number of thiazole rings is 1. The second-order valence-electron chi connectivity index (χ2n) is 2.71. The Hall–Kier alpha value is -1.00. The number of hydrogen-bond donors (Lipinski definition) is 0. The first kappa shape index (κ1) is 9.55. The summed E-state index contributed by atoms with van der Waals surface area (Å²) in [7, 11) is 0. The number of carbonyl (C=O) groups is 1. The van der Waals surface area contributed by atoms with Gasteiger partial charge < -0.3 is 0 Å². The molecule has 1 aromatic carbocycles. The van der Waals surface area contributed by atoms with Crippen LogP contribution in [0.3, 0.4) is 0 Å². The molecule has 70 valence electrons. The van der Waals surface area contributed by atoms with E-state index in [9.17, 15) is 4.79 Å². The van der Waals surface area contributed by atoms with Crippen molar-refractivity contribution in [1.82, 2.24) is 4.98 Å². The number of ketones is 1. The zero-order valence-electron chi connectivity index (χ0n) is 7.11. The minimum atomic E-state index is -0.0347. The van der Waals surface area contributed by atoms with Crippen LogP contribution in [0, 0.1) is 0 Å². The average molecular weight is 268 g/mol. The van der Waals surface area contributed by atoms with Crippen molar-refractivity contribution < 1.29 is 4.79 Å². The molecule has 0 saturated heterocycles. The number of benzene rings is 1. The Morgan fingerprint density at radius 3 is 2.93 bits per heavy atom. The van der Waals surface area contributed by atoms with Gasteiger partial charge in [0.25, 0.3) is 0 Å². The van der Waals surface area contributed by atoms with E-state index in [0.717, 1.165) is 4.47 Å². The van der Waals surface area contributed by atoms with E-state index in [1.54, 1.807) is 23.0 Å². The van der Waals surface area contributed by atoms with Gasteiger partial charge >= 0.3 is 0 Å². The Balaban J connectivity index is 2.37. The van der Waals surface area contributed by atoms with E-state index in [0.29, 0.717) is 11.3 Å². The minimum absolute atomic E-state index is 0.0347. The normalized spacial score (nSPS) is 10.1. The molecule has 14 heavy (non-hydrogen) atoms. The fourth-order valence-electron chi connectivity index (χ4n) is 1.10. The minimum Gasteiger partial charge on any atom is -0.287 e. The molecule has 0 unspecified atom stereocenters. The summed E-state index contributed by atoms with van der Waals surface area (Å²) in [5, 5.41) is 1.75. The highest BCUT2D eigenvalue weighted by Crippen LogP contribution is 2.15. The second-order valence-corrected chi connectivity index (χ2v) is 4.35. The molecule has 0 radical (unpaired) electrons. The van der Waals surface area contributed by atoms with E-state index in [1.807, 2.05) is 12.1 Å². The monoisotopic (exact) mass is 267 g/mol. The number of nitrogens with zero attached hydrogens (tertiary/aromatic N) is 1. The molecule has 1 aromatic heterocycles. The van der Waals surface area contributed by atoms with E-state index in [4.69, 9.17) is 0 Å². The van der Waals surface area contributed by atoms with Gasteiger partial charge in [-0.1, -0.05) is 28.1 Å². The first-order valence-electron chi connectivity index (χ1n) is 3.96. The quantitative estimate of drug-likeness (QED) is 0.783. The van der Waals surface area contributed by atoms with E-state index in [2.05, 4.69) is 20.9 Å². The molecule has 2 aromatic rings. The average Bonchev–Trinajstić information content (AvgIpc) is 2.69. The van der Waals surface area contributed by atoms with Crippen LogP contribution in [-0.2, 0) is 0 Å². The lowest BCUT2D eigenvalue weighted by Gasteiger charge is -1.97. The van der Waals surface area contributed by atoms with Crippen molar-refractivity contribution in [2.45, 2.75) is 0 Å². The van der Waals surface area contributed by atoms with Gasteiger partial charge in [-0.05, 0) is 12.1 Å². The van der Waals surface area contributed by atoms with E-state index in [1.165, 1.54) is 11.3 Å². The van der Waals surface area contributed by atoms with Crippen LogP contribution in [0.25, 0.3) is 0 Å². The zero-order valence-corrected chi connectivity index (χ0v) is 9.51. The molecule has 2 rings (SSSR count). The van der Waals surface area contributed by atoms with Crippen LogP contribution >= 0.6 is 27.3 Å². The smallest absolute Gasteiger partial charge is 0.212 e. The highest BCUT2D eigenvalue weighted by atomic mass is 79.9. The summed E-state index contributed by atoms with van der Waals surface area (Å²) in [6.45, 7) is 0. The van der Waals surface area contributed by atoms with Gasteiger partial charge in [-0.25, -0.2) is 4.98 Å². The Morgan fingerprint density at radius 2 is 2.29 bits per heavy atom. The Morgan fingerprint density at radius 1 is 1.43 bits per heavy atom. The van der Waals surface area contributed by atoms with Crippen LogP contribution in [-0.4, -0.2) is 10.8 Å². The fraction of sp³-hybridized carbons (Fsp3) is 0. The third-order valence-electron chi connectivity index (χ3n) is 1.75. The molecule has 0 spiro atoms. The maximum absolute atomic E-state index is 11.8. The molecule has 0 aliphatic heterocycles. The standard InChI is InChI=1S/C10H6BrNOS/c11-8-3-1-2-7(4-8)10(13)9-5-14-6-12-9/h1-6H. The largest absolute Gasteiger partial charge is 0.287 e. The molecular formula is C10H6BrNOS. The van der Waals surface area contributed by atoms with Crippen molar-refractivity contribution in [3.63, 3.8) is 0 Å². The van der Waals surface area contributed by atoms with Gasteiger partial charge in [0.05, 0.1) is 5.51 Å². The second kappa shape index (κ2) is 4.02. The summed E-state index contributed by atoms with van der Waals surface area (Å²) in [6, 6.07) is 7.30. The van der Waals surface area contributed by atoms with Crippen molar-refractivity contribution in [3.05, 3.63) is 50.9 Å². The van der Waals surface area contributed by atoms with Gasteiger partial charge in [-0.3, -0.25) is 4.79 Å². The van der Waals surface area contributed by atoms with Crippen molar-refractivity contribution >= 4 is 33.0 Å². The summed E-state index contributed by atoms with van der Waals surface area (Å²) in [5.41, 5.74) is 2.82. The summed E-state index contributed by atoms with van der Waals surface area (Å²) in [5.74, 6) is -0.0347. The van der Waals surface area contributed by atoms with Crippen LogP contribution in [0.1, 0.15) is 16.1 Å². The summed E-state index contributed by atoms with van der Waals surface area (Å²) < 4.78 is 0.901. The topological polar surface area (TPSA) is 30.0 Å². The molecule has 2 nitrogen and oxygen atoms in total. The maximum atomic E-state index is 11.8. The van der Waals surface area contributed by atoms with Gasteiger partial charge in [0, 0.05) is 15.4 Å². The predicted molar refractivity (Wildman–Crippen MR) is 59.7 cm³/mol. The van der Waals surface area contributed by atoms with Crippen LogP contribution in [0.2, 0.25) is 0 Å². The van der Waals surface area contributed by atoms with Gasteiger partial charge in [0.1, 0.15) is 5.69 Å². The Kier molecular flexibility index (Phi) is 2.74. The Bertz CT molecular complexity index is 453. The number of halogens is 1. The lowest BCUT2D eigenvalue weighted by Crippen LogP contribution is -2.00. The molecule has 0 aliphatic carbocycles. The Labute approximate surface area is 93.7 Å². The summed E-state index contributed by atoms with van der Waals surface area (Å²) in [6.07, 6.45) is 0. The van der Waals surface area contributed by atoms with Crippen LogP contribution in [0.15, 0.2) is 39.6 Å². The molecule has 4 heteroatoms. The van der Waals surface area contributed by atoms with Crippen molar-refractivity contribution in [1.29, 1.82) is 0 Å². The molecular weight excluding hydrogens is 262 g/mol. The predicted octanol–water partition coefficient (Wildman–Crippen LogP) is 3.14. The lowest BCUT2D eigenvalue weighted by atomic mass is 10.1. The highest BCUT2D eigenvalue weighted by molar-refractivity contribution is 9.10. The molecule has 0 bridgehead atoms. The fourth-order valence-corrected chi connectivity index (χ4v) is 2.03. The van der Waals surface area contributed by atoms with Crippen molar-refractivity contribution in [2.75, 3.05) is 0 Å². The number of aromatic nitrogens is 1. The first-order valence-corrected chi connectivity index (χ1v) is 5.69.